The van der Waals surface area contributed by atoms with Crippen LogP contribution in [-0.2, 0) is 0 Å². The fraction of sp³-hybridized carbons (Fsp3) is 0.333. The predicted molar refractivity (Wildman–Crippen MR) is 77.0 cm³/mol. The molecule has 1 aromatic carbocycles. The van der Waals surface area contributed by atoms with E-state index in [-0.39, 0.29) is 5.91 Å². The van der Waals surface area contributed by atoms with Crippen LogP contribution in [0.2, 0.25) is 0 Å². The Bertz CT molecular complexity index is 586. The van der Waals surface area contributed by atoms with E-state index in [9.17, 15) is 4.79 Å². The summed E-state index contributed by atoms with van der Waals surface area (Å²) in [6.45, 7) is 3.46. The summed E-state index contributed by atoms with van der Waals surface area (Å²) in [4.78, 5) is 16.7. The Balaban J connectivity index is 1.80. The zero-order chi connectivity index (χ0) is 13.9. The van der Waals surface area contributed by atoms with Crippen molar-refractivity contribution in [2.24, 2.45) is 0 Å². The monoisotopic (exact) mass is 270 g/mol. The Morgan fingerprint density at radius 1 is 1.15 bits per heavy atom. The zero-order valence-corrected chi connectivity index (χ0v) is 11.6. The minimum absolute atomic E-state index is 0.104. The van der Waals surface area contributed by atoms with Gasteiger partial charge >= 0.3 is 0 Å². The molecule has 5 heteroatoms. The number of likely N-dealkylation sites (N-methyl/N-ethyl adjacent to an activating group) is 1. The van der Waals surface area contributed by atoms with Crippen molar-refractivity contribution in [2.45, 2.75) is 0 Å². The van der Waals surface area contributed by atoms with Crippen molar-refractivity contribution in [1.82, 2.24) is 19.6 Å². The number of amides is 1. The van der Waals surface area contributed by atoms with E-state index < -0.39 is 0 Å². The Morgan fingerprint density at radius 2 is 1.95 bits per heavy atom. The van der Waals surface area contributed by atoms with Gasteiger partial charge in [0.25, 0.3) is 5.91 Å². The summed E-state index contributed by atoms with van der Waals surface area (Å²) >= 11 is 0. The van der Waals surface area contributed by atoms with Gasteiger partial charge in [-0.2, -0.15) is 5.10 Å². The highest BCUT2D eigenvalue weighted by atomic mass is 16.2. The third kappa shape index (κ3) is 2.58. The molecule has 1 aliphatic rings. The second-order valence-electron chi connectivity index (χ2n) is 5.10. The van der Waals surface area contributed by atoms with Crippen molar-refractivity contribution < 1.29 is 4.79 Å². The summed E-state index contributed by atoms with van der Waals surface area (Å²) in [6.07, 6.45) is 3.61. The highest BCUT2D eigenvalue weighted by Gasteiger charge is 2.20. The van der Waals surface area contributed by atoms with Gasteiger partial charge in [0.05, 0.1) is 5.69 Å². The average molecular weight is 270 g/mol. The molecule has 2 aromatic rings. The van der Waals surface area contributed by atoms with Crippen molar-refractivity contribution in [3.05, 3.63) is 48.3 Å². The van der Waals surface area contributed by atoms with Crippen LogP contribution in [0.1, 0.15) is 10.4 Å². The quantitative estimate of drug-likeness (QED) is 0.825. The van der Waals surface area contributed by atoms with E-state index in [0.29, 0.717) is 0 Å². The minimum Gasteiger partial charge on any atom is -0.336 e. The highest BCUT2D eigenvalue weighted by Crippen LogP contribution is 2.13. The van der Waals surface area contributed by atoms with E-state index in [4.69, 9.17) is 0 Å². The molecule has 0 aliphatic carbocycles. The lowest BCUT2D eigenvalue weighted by Crippen LogP contribution is -2.47. The van der Waals surface area contributed by atoms with Crippen molar-refractivity contribution >= 4 is 5.91 Å². The van der Waals surface area contributed by atoms with E-state index in [0.717, 1.165) is 37.4 Å². The Labute approximate surface area is 118 Å². The van der Waals surface area contributed by atoms with Gasteiger partial charge in [-0.05, 0) is 31.3 Å². The highest BCUT2D eigenvalue weighted by molar-refractivity contribution is 5.94. The molecule has 0 saturated carbocycles. The summed E-state index contributed by atoms with van der Waals surface area (Å²) in [5, 5.41) is 4.19. The number of carbonyl (C=O) groups is 1. The molecule has 3 rings (SSSR count). The minimum atomic E-state index is 0.104. The molecule has 104 valence electrons. The maximum Gasteiger partial charge on any atom is 0.254 e. The van der Waals surface area contributed by atoms with Gasteiger partial charge in [-0.3, -0.25) is 4.79 Å². The number of hydrogen-bond acceptors (Lipinski definition) is 3. The lowest BCUT2D eigenvalue weighted by molar-refractivity contribution is 0.0664. The fourth-order valence-corrected chi connectivity index (χ4v) is 2.40. The molecule has 20 heavy (non-hydrogen) atoms. The molecule has 1 aromatic heterocycles. The molecule has 1 amide bonds. The summed E-state index contributed by atoms with van der Waals surface area (Å²) in [5.41, 5.74) is 1.64. The largest absolute Gasteiger partial charge is 0.336 e. The number of hydrogen-bond donors (Lipinski definition) is 0. The zero-order valence-electron chi connectivity index (χ0n) is 11.6. The summed E-state index contributed by atoms with van der Waals surface area (Å²) in [5.74, 6) is 0.104. The first kappa shape index (κ1) is 12.9. The lowest BCUT2D eigenvalue weighted by atomic mass is 10.1. The van der Waals surface area contributed by atoms with Crippen molar-refractivity contribution in [1.29, 1.82) is 0 Å². The van der Waals surface area contributed by atoms with Gasteiger partial charge in [0, 0.05) is 44.1 Å². The van der Waals surface area contributed by atoms with Crippen LogP contribution >= 0.6 is 0 Å². The third-order valence-electron chi connectivity index (χ3n) is 3.65. The molecule has 1 saturated heterocycles. The summed E-state index contributed by atoms with van der Waals surface area (Å²) in [7, 11) is 2.08. The number of aromatic nitrogens is 2. The molecular weight excluding hydrogens is 252 g/mol. The van der Waals surface area contributed by atoms with Crippen LogP contribution in [-0.4, -0.2) is 58.7 Å². The van der Waals surface area contributed by atoms with Crippen molar-refractivity contribution in [3.8, 4) is 5.69 Å². The molecule has 5 nitrogen and oxygen atoms in total. The molecule has 0 unspecified atom stereocenters. The van der Waals surface area contributed by atoms with Crippen LogP contribution < -0.4 is 0 Å². The second kappa shape index (κ2) is 5.46. The molecule has 2 heterocycles. The van der Waals surface area contributed by atoms with Gasteiger partial charge in [-0.15, -0.1) is 0 Å². The topological polar surface area (TPSA) is 41.4 Å². The van der Waals surface area contributed by atoms with E-state index in [1.165, 1.54) is 0 Å². The van der Waals surface area contributed by atoms with Crippen LogP contribution in [0, 0.1) is 0 Å². The standard InChI is InChI=1S/C15H18N4O/c1-17-8-10-18(11-9-17)15(20)13-4-2-5-14(12-13)19-7-3-6-16-19/h2-7,12H,8-11H2,1H3. The number of piperazine rings is 1. The molecule has 0 bridgehead atoms. The first-order valence-corrected chi connectivity index (χ1v) is 6.82. The van der Waals surface area contributed by atoms with Gasteiger partial charge in [0.15, 0.2) is 0 Å². The normalized spacial score (nSPS) is 16.4. The van der Waals surface area contributed by atoms with Crippen LogP contribution in [0.15, 0.2) is 42.7 Å². The number of nitrogens with zero attached hydrogens (tertiary/aromatic N) is 4. The molecule has 0 N–H and O–H groups in total. The van der Waals surface area contributed by atoms with Gasteiger partial charge in [0.2, 0.25) is 0 Å². The first-order chi connectivity index (χ1) is 9.74. The summed E-state index contributed by atoms with van der Waals surface area (Å²) in [6, 6.07) is 9.49. The number of benzene rings is 1. The van der Waals surface area contributed by atoms with Gasteiger partial charge < -0.3 is 9.80 Å². The maximum atomic E-state index is 12.5. The molecular formula is C15H18N4O. The fourth-order valence-electron chi connectivity index (χ4n) is 2.40. The van der Waals surface area contributed by atoms with E-state index in [1.54, 1.807) is 10.9 Å². The lowest BCUT2D eigenvalue weighted by Gasteiger charge is -2.32. The van der Waals surface area contributed by atoms with Crippen LogP contribution in [0.3, 0.4) is 0 Å². The maximum absolute atomic E-state index is 12.5. The Kier molecular flexibility index (Phi) is 3.52. The van der Waals surface area contributed by atoms with Gasteiger partial charge in [0.1, 0.15) is 0 Å². The van der Waals surface area contributed by atoms with Crippen LogP contribution in [0.5, 0.6) is 0 Å². The van der Waals surface area contributed by atoms with Crippen LogP contribution in [0.4, 0.5) is 0 Å². The molecule has 0 atom stereocenters. The predicted octanol–water partition coefficient (Wildman–Crippen LogP) is 1.26. The number of carbonyl (C=O) groups excluding carboxylic acids is 1. The summed E-state index contributed by atoms with van der Waals surface area (Å²) < 4.78 is 1.76. The van der Waals surface area contributed by atoms with Crippen molar-refractivity contribution in [3.63, 3.8) is 0 Å². The smallest absolute Gasteiger partial charge is 0.254 e. The van der Waals surface area contributed by atoms with Crippen LogP contribution in [0.25, 0.3) is 5.69 Å². The van der Waals surface area contributed by atoms with E-state index >= 15 is 0 Å². The Hall–Kier alpha value is -2.14. The first-order valence-electron chi connectivity index (χ1n) is 6.82. The molecule has 0 radical (unpaired) electrons. The molecule has 1 fully saturated rings. The van der Waals surface area contributed by atoms with Gasteiger partial charge in [-0.25, -0.2) is 4.68 Å². The SMILES string of the molecule is CN1CCN(C(=O)c2cccc(-n3cccn3)c2)CC1. The van der Waals surface area contributed by atoms with E-state index in [1.807, 2.05) is 41.4 Å². The second-order valence-corrected chi connectivity index (χ2v) is 5.10. The molecule has 1 aliphatic heterocycles. The average Bonchev–Trinajstić information content (AvgIpc) is 3.02. The number of rotatable bonds is 2. The van der Waals surface area contributed by atoms with Crippen molar-refractivity contribution in [2.75, 3.05) is 33.2 Å². The molecule has 0 spiro atoms. The van der Waals surface area contributed by atoms with E-state index in [2.05, 4.69) is 17.0 Å². The third-order valence-corrected chi connectivity index (χ3v) is 3.65. The van der Waals surface area contributed by atoms with Gasteiger partial charge in [-0.1, -0.05) is 6.07 Å². The Morgan fingerprint density at radius 3 is 2.65 bits per heavy atom.